The molecule has 1 aromatic carbocycles. The number of piperazine rings is 1. The SMILES string of the molecule is CCCCCCCCCCOC(=O)CC1C(=O)NCCN1C(=O)c1cc(Br)ccc1OCCC. The highest BCUT2D eigenvalue weighted by atomic mass is 79.9. The first kappa shape index (κ1) is 28.1. The molecule has 2 amide bonds. The van der Waals surface area contributed by atoms with Crippen LogP contribution in [-0.4, -0.2) is 55.0 Å². The normalized spacial score (nSPS) is 15.7. The average molecular weight is 540 g/mol. The quantitative estimate of drug-likeness (QED) is 0.243. The van der Waals surface area contributed by atoms with E-state index in [0.29, 0.717) is 37.6 Å². The topological polar surface area (TPSA) is 84.9 Å². The number of nitrogens with one attached hydrogen (secondary N) is 1. The van der Waals surface area contributed by atoms with Gasteiger partial charge < -0.3 is 19.7 Å². The van der Waals surface area contributed by atoms with Crippen LogP contribution >= 0.6 is 15.9 Å². The van der Waals surface area contributed by atoms with Crippen molar-refractivity contribution in [3.05, 3.63) is 28.2 Å². The van der Waals surface area contributed by atoms with Gasteiger partial charge in [-0.1, -0.05) is 74.7 Å². The van der Waals surface area contributed by atoms with Gasteiger partial charge >= 0.3 is 5.97 Å². The monoisotopic (exact) mass is 538 g/mol. The molecule has 1 atom stereocenters. The molecule has 0 bridgehead atoms. The Hall–Kier alpha value is -2.09. The number of esters is 1. The van der Waals surface area contributed by atoms with E-state index in [1.165, 1.54) is 37.0 Å². The molecular formula is C26H39BrN2O5. The van der Waals surface area contributed by atoms with E-state index in [1.54, 1.807) is 12.1 Å². The third kappa shape index (κ3) is 9.28. The van der Waals surface area contributed by atoms with Gasteiger partial charge in [0.05, 0.1) is 25.2 Å². The molecule has 2 rings (SSSR count). The number of hydrogen-bond donors (Lipinski definition) is 1. The van der Waals surface area contributed by atoms with Crippen LogP contribution in [0.2, 0.25) is 0 Å². The third-order valence-electron chi connectivity index (χ3n) is 5.85. The van der Waals surface area contributed by atoms with Gasteiger partial charge in [0.1, 0.15) is 11.8 Å². The van der Waals surface area contributed by atoms with Gasteiger partial charge in [-0.25, -0.2) is 0 Å². The minimum Gasteiger partial charge on any atom is -0.493 e. The molecule has 1 aliphatic heterocycles. The van der Waals surface area contributed by atoms with Crippen LogP contribution in [0.15, 0.2) is 22.7 Å². The molecule has 1 unspecified atom stereocenters. The van der Waals surface area contributed by atoms with Crippen molar-refractivity contribution in [2.45, 2.75) is 84.1 Å². The van der Waals surface area contributed by atoms with Crippen molar-refractivity contribution in [1.29, 1.82) is 0 Å². The second-order valence-corrected chi connectivity index (χ2v) is 9.61. The summed E-state index contributed by atoms with van der Waals surface area (Å²) in [6.07, 6.45) is 9.93. The lowest BCUT2D eigenvalue weighted by Crippen LogP contribution is -2.57. The standard InChI is InChI=1S/C26H39BrN2O5/c1-3-5-6-7-8-9-10-11-17-34-24(30)19-22-25(31)28-14-15-29(22)26(32)21-18-20(27)12-13-23(21)33-16-4-2/h12-13,18,22H,3-11,14-17,19H2,1-2H3,(H,28,31). The fourth-order valence-electron chi connectivity index (χ4n) is 3.96. The fourth-order valence-corrected chi connectivity index (χ4v) is 4.32. The summed E-state index contributed by atoms with van der Waals surface area (Å²) in [7, 11) is 0. The molecule has 0 radical (unpaired) electrons. The predicted octanol–water partition coefficient (Wildman–Crippen LogP) is 5.25. The minimum atomic E-state index is -0.898. The van der Waals surface area contributed by atoms with Crippen molar-refractivity contribution < 1.29 is 23.9 Å². The van der Waals surface area contributed by atoms with Gasteiger partial charge in [0.15, 0.2) is 0 Å². The van der Waals surface area contributed by atoms with Crippen LogP contribution in [0.3, 0.4) is 0 Å². The van der Waals surface area contributed by atoms with Crippen molar-refractivity contribution in [2.75, 3.05) is 26.3 Å². The summed E-state index contributed by atoms with van der Waals surface area (Å²) in [4.78, 5) is 39.9. The summed E-state index contributed by atoms with van der Waals surface area (Å²) in [6.45, 7) is 5.69. The van der Waals surface area contributed by atoms with E-state index in [9.17, 15) is 14.4 Å². The van der Waals surface area contributed by atoms with E-state index in [-0.39, 0.29) is 18.2 Å². The summed E-state index contributed by atoms with van der Waals surface area (Å²) in [5.74, 6) is -0.658. The summed E-state index contributed by atoms with van der Waals surface area (Å²) in [5, 5.41) is 2.76. The number of carbonyl (C=O) groups is 3. The van der Waals surface area contributed by atoms with Gasteiger partial charge in [0.2, 0.25) is 5.91 Å². The zero-order chi connectivity index (χ0) is 24.8. The first-order valence-electron chi connectivity index (χ1n) is 12.6. The first-order valence-corrected chi connectivity index (χ1v) is 13.4. The van der Waals surface area contributed by atoms with Crippen LogP contribution in [0.5, 0.6) is 5.75 Å². The van der Waals surface area contributed by atoms with E-state index in [1.807, 2.05) is 13.0 Å². The lowest BCUT2D eigenvalue weighted by atomic mass is 10.1. The summed E-state index contributed by atoms with van der Waals surface area (Å²) in [6, 6.07) is 4.34. The van der Waals surface area contributed by atoms with Crippen LogP contribution in [-0.2, 0) is 14.3 Å². The Balaban J connectivity index is 1.90. The van der Waals surface area contributed by atoms with E-state index in [0.717, 1.165) is 30.2 Å². The molecule has 190 valence electrons. The molecule has 8 heteroatoms. The number of benzene rings is 1. The van der Waals surface area contributed by atoms with Crippen molar-refractivity contribution >= 4 is 33.7 Å². The predicted molar refractivity (Wildman–Crippen MR) is 136 cm³/mol. The molecule has 1 fully saturated rings. The number of rotatable bonds is 15. The number of carbonyl (C=O) groups excluding carboxylic acids is 3. The van der Waals surface area contributed by atoms with Crippen LogP contribution < -0.4 is 10.1 Å². The molecule has 1 saturated heterocycles. The zero-order valence-electron chi connectivity index (χ0n) is 20.6. The van der Waals surface area contributed by atoms with Gasteiger partial charge in [-0.2, -0.15) is 0 Å². The van der Waals surface area contributed by atoms with E-state index in [4.69, 9.17) is 9.47 Å². The highest BCUT2D eigenvalue weighted by Gasteiger charge is 2.36. The number of amides is 2. The second-order valence-electron chi connectivity index (χ2n) is 8.69. The largest absolute Gasteiger partial charge is 0.493 e. The van der Waals surface area contributed by atoms with E-state index in [2.05, 4.69) is 28.2 Å². The Kier molecular flexibility index (Phi) is 13.0. The number of unbranched alkanes of at least 4 members (excludes halogenated alkanes) is 7. The van der Waals surface area contributed by atoms with Crippen LogP contribution in [0, 0.1) is 0 Å². The number of hydrogen-bond acceptors (Lipinski definition) is 5. The number of ether oxygens (including phenoxy) is 2. The van der Waals surface area contributed by atoms with E-state index < -0.39 is 12.0 Å². The van der Waals surface area contributed by atoms with Gasteiger partial charge in [-0.3, -0.25) is 14.4 Å². The molecule has 1 N–H and O–H groups in total. The van der Waals surface area contributed by atoms with Crippen molar-refractivity contribution in [1.82, 2.24) is 10.2 Å². The molecule has 1 aromatic rings. The van der Waals surface area contributed by atoms with Gasteiger partial charge in [-0.15, -0.1) is 0 Å². The van der Waals surface area contributed by atoms with Crippen LogP contribution in [0.1, 0.15) is 88.4 Å². The van der Waals surface area contributed by atoms with Gasteiger partial charge in [-0.05, 0) is 31.0 Å². The molecule has 0 saturated carbocycles. The fraction of sp³-hybridized carbons (Fsp3) is 0.654. The molecule has 1 heterocycles. The van der Waals surface area contributed by atoms with Crippen LogP contribution in [0.4, 0.5) is 0 Å². The Morgan fingerprint density at radius 1 is 1.03 bits per heavy atom. The maximum absolute atomic E-state index is 13.4. The Morgan fingerprint density at radius 3 is 2.44 bits per heavy atom. The smallest absolute Gasteiger partial charge is 0.308 e. The average Bonchev–Trinajstić information content (AvgIpc) is 2.83. The number of nitrogens with zero attached hydrogens (tertiary/aromatic N) is 1. The molecular weight excluding hydrogens is 500 g/mol. The lowest BCUT2D eigenvalue weighted by molar-refractivity contribution is -0.147. The molecule has 0 spiro atoms. The maximum atomic E-state index is 13.4. The molecule has 34 heavy (non-hydrogen) atoms. The maximum Gasteiger partial charge on any atom is 0.308 e. The summed E-state index contributed by atoms with van der Waals surface area (Å²) in [5.41, 5.74) is 0.370. The van der Waals surface area contributed by atoms with Crippen LogP contribution in [0.25, 0.3) is 0 Å². The molecule has 0 aromatic heterocycles. The first-order chi connectivity index (χ1) is 16.5. The van der Waals surface area contributed by atoms with Crippen molar-refractivity contribution in [3.63, 3.8) is 0 Å². The lowest BCUT2D eigenvalue weighted by Gasteiger charge is -2.35. The second kappa shape index (κ2) is 15.7. The Bertz CT molecular complexity index is 801. The Morgan fingerprint density at radius 2 is 1.74 bits per heavy atom. The highest BCUT2D eigenvalue weighted by Crippen LogP contribution is 2.26. The van der Waals surface area contributed by atoms with Gasteiger partial charge in [0, 0.05) is 17.6 Å². The molecule has 7 nitrogen and oxygen atoms in total. The Labute approximate surface area is 212 Å². The highest BCUT2D eigenvalue weighted by molar-refractivity contribution is 9.10. The minimum absolute atomic E-state index is 0.159. The third-order valence-corrected chi connectivity index (χ3v) is 6.34. The summed E-state index contributed by atoms with van der Waals surface area (Å²) < 4.78 is 11.9. The van der Waals surface area contributed by atoms with Crippen molar-refractivity contribution in [3.8, 4) is 5.75 Å². The summed E-state index contributed by atoms with van der Waals surface area (Å²) >= 11 is 3.41. The van der Waals surface area contributed by atoms with Gasteiger partial charge in [0.25, 0.3) is 5.91 Å². The number of halogens is 1. The molecule has 1 aliphatic rings. The van der Waals surface area contributed by atoms with Crippen molar-refractivity contribution in [2.24, 2.45) is 0 Å². The van der Waals surface area contributed by atoms with E-state index >= 15 is 0 Å². The molecule has 0 aliphatic carbocycles. The zero-order valence-corrected chi connectivity index (χ0v) is 22.2.